The number of aliphatic imine (C=N–C) groups is 1. The monoisotopic (exact) mass is 492 g/mol. The maximum Gasteiger partial charge on any atom is 0.392 e. The summed E-state index contributed by atoms with van der Waals surface area (Å²) in [4.78, 5) is 7.92. The topological polar surface area (TPSA) is 24.8 Å². The van der Waals surface area contributed by atoms with Crippen molar-refractivity contribution in [2.24, 2.45) is 4.99 Å². The van der Waals surface area contributed by atoms with E-state index in [4.69, 9.17) is 4.74 Å². The molecule has 0 N–H and O–H groups in total. The molecule has 186 valence electrons. The number of rotatable bonds is 10. The molecule has 3 nitrogen and oxygen atoms in total. The highest BCUT2D eigenvalue weighted by Gasteiger charge is 2.25. The number of hydrogen-bond acceptors (Lipinski definition) is 4. The van der Waals surface area contributed by atoms with Gasteiger partial charge in [-0.2, -0.15) is 13.2 Å². The fraction of sp³-hybridized carbons (Fsp3) is 0.444. The van der Waals surface area contributed by atoms with Crippen molar-refractivity contribution in [2.75, 3.05) is 26.2 Å². The van der Waals surface area contributed by atoms with Gasteiger partial charge in [-0.05, 0) is 61.8 Å². The molecule has 2 rings (SSSR count). The van der Waals surface area contributed by atoms with Crippen LogP contribution in [0.1, 0.15) is 38.3 Å². The number of halogens is 3. The van der Waals surface area contributed by atoms with Crippen LogP contribution in [-0.2, 0) is 12.8 Å². The van der Waals surface area contributed by atoms with Crippen LogP contribution in [0.4, 0.5) is 13.2 Å². The first-order valence-electron chi connectivity index (χ1n) is 11.6. The van der Waals surface area contributed by atoms with Gasteiger partial charge < -0.3 is 4.74 Å². The molecule has 0 fully saturated rings. The Labute approximate surface area is 206 Å². The summed E-state index contributed by atoms with van der Waals surface area (Å²) >= 11 is 1.42. The first-order chi connectivity index (χ1) is 16.1. The molecule has 0 spiro atoms. The molecule has 1 heterocycles. The lowest BCUT2D eigenvalue weighted by atomic mass is 10.0. The molecule has 1 aromatic carbocycles. The van der Waals surface area contributed by atoms with E-state index in [-0.39, 0.29) is 6.04 Å². The Kier molecular flexibility index (Phi) is 11.2. The molecule has 7 heteroatoms. The van der Waals surface area contributed by atoms with Crippen LogP contribution in [0.3, 0.4) is 0 Å². The zero-order chi connectivity index (χ0) is 25.1. The average molecular weight is 493 g/mol. The molecular formula is C27H35F3N2OS. The minimum absolute atomic E-state index is 0.00764. The van der Waals surface area contributed by atoms with Crippen LogP contribution in [0, 0.1) is 0 Å². The average Bonchev–Trinajstić information content (AvgIpc) is 2.94. The third-order valence-electron chi connectivity index (χ3n) is 5.09. The molecule has 1 aliphatic heterocycles. The maximum absolute atomic E-state index is 12.6. The van der Waals surface area contributed by atoms with Gasteiger partial charge in [-0.1, -0.05) is 55.3 Å². The second-order valence-corrected chi connectivity index (χ2v) is 9.56. The Balaban J connectivity index is 2.06. The molecule has 0 atom stereocenters. The molecule has 0 bridgehead atoms. The predicted molar refractivity (Wildman–Crippen MR) is 139 cm³/mol. The van der Waals surface area contributed by atoms with E-state index in [0.29, 0.717) is 23.8 Å². The molecule has 1 aliphatic rings. The van der Waals surface area contributed by atoms with Gasteiger partial charge in [0, 0.05) is 31.2 Å². The fourth-order valence-electron chi connectivity index (χ4n) is 3.62. The summed E-state index contributed by atoms with van der Waals surface area (Å²) in [6.07, 6.45) is 2.50. The number of allylic oxidation sites excluding steroid dienone is 4. The smallest absolute Gasteiger partial charge is 0.392 e. The van der Waals surface area contributed by atoms with Gasteiger partial charge in [-0.15, -0.1) is 0 Å². The highest BCUT2D eigenvalue weighted by molar-refractivity contribution is 8.17. The Morgan fingerprint density at radius 3 is 2.56 bits per heavy atom. The van der Waals surface area contributed by atoms with Crippen molar-refractivity contribution < 1.29 is 17.9 Å². The van der Waals surface area contributed by atoms with Crippen LogP contribution in [0.2, 0.25) is 0 Å². The zero-order valence-corrected chi connectivity index (χ0v) is 21.1. The van der Waals surface area contributed by atoms with Crippen molar-refractivity contribution in [1.29, 1.82) is 0 Å². The van der Waals surface area contributed by atoms with E-state index in [0.717, 1.165) is 42.7 Å². The van der Waals surface area contributed by atoms with E-state index < -0.39 is 12.6 Å². The quantitative estimate of drug-likeness (QED) is 0.197. The summed E-state index contributed by atoms with van der Waals surface area (Å²) in [6.45, 7) is 17.0. The van der Waals surface area contributed by atoms with Crippen LogP contribution in [-0.4, -0.2) is 48.4 Å². The molecule has 0 saturated carbocycles. The molecule has 0 radical (unpaired) electrons. The maximum atomic E-state index is 12.6. The van der Waals surface area contributed by atoms with Gasteiger partial charge >= 0.3 is 6.18 Å². The fourth-order valence-corrected chi connectivity index (χ4v) is 4.66. The van der Waals surface area contributed by atoms with Crippen LogP contribution in [0.25, 0.3) is 0 Å². The van der Waals surface area contributed by atoms with Gasteiger partial charge in [0.05, 0.1) is 13.0 Å². The van der Waals surface area contributed by atoms with Gasteiger partial charge in [-0.25, -0.2) is 0 Å². The number of thioether (sulfide) groups is 1. The Morgan fingerprint density at radius 2 is 1.94 bits per heavy atom. The van der Waals surface area contributed by atoms with Crippen molar-refractivity contribution in [3.05, 3.63) is 77.3 Å². The second-order valence-electron chi connectivity index (χ2n) is 8.39. The first kappa shape index (κ1) is 28.0. The van der Waals surface area contributed by atoms with Gasteiger partial charge in [0.25, 0.3) is 0 Å². The lowest BCUT2D eigenvalue weighted by molar-refractivity contribution is -0.125. The number of alkyl halides is 3. The normalized spacial score (nSPS) is 16.0. The highest BCUT2D eigenvalue weighted by Crippen LogP contribution is 2.27. The minimum atomic E-state index is -4.24. The summed E-state index contributed by atoms with van der Waals surface area (Å²) < 4.78 is 43.5. The van der Waals surface area contributed by atoms with Gasteiger partial charge in [0.2, 0.25) is 0 Å². The molecule has 1 aromatic rings. The summed E-state index contributed by atoms with van der Waals surface area (Å²) in [5.41, 5.74) is 3.27. The van der Waals surface area contributed by atoms with Crippen molar-refractivity contribution in [3.63, 3.8) is 0 Å². The number of nitrogens with zero attached hydrogens (tertiary/aromatic N) is 2. The largest absolute Gasteiger partial charge is 0.494 e. The van der Waals surface area contributed by atoms with Crippen molar-refractivity contribution >= 4 is 16.8 Å². The van der Waals surface area contributed by atoms with Crippen LogP contribution in [0.15, 0.2) is 71.1 Å². The highest BCUT2D eigenvalue weighted by atomic mass is 32.2. The number of benzene rings is 1. The third-order valence-corrected chi connectivity index (χ3v) is 6.04. The molecule has 0 aromatic heterocycles. The molecule has 0 aliphatic carbocycles. The Hall–Kier alpha value is -2.25. The predicted octanol–water partition coefficient (Wildman–Crippen LogP) is 7.16. The van der Waals surface area contributed by atoms with E-state index in [2.05, 4.69) is 35.2 Å². The Bertz CT molecular complexity index is 932. The van der Waals surface area contributed by atoms with Crippen molar-refractivity contribution in [1.82, 2.24) is 4.90 Å². The number of hydrogen-bond donors (Lipinski definition) is 0. The summed E-state index contributed by atoms with van der Waals surface area (Å²) in [5.74, 6) is 0.907. The SMILES string of the molecule is C=C/C=C(\C=C/CC(F)(F)F)C(=NC(C)C)SC(=C)CN1CCc2ccc(OCC)cc2CC1. The lowest BCUT2D eigenvalue weighted by Crippen LogP contribution is -2.28. The van der Waals surface area contributed by atoms with E-state index >= 15 is 0 Å². The van der Waals surface area contributed by atoms with E-state index in [1.54, 1.807) is 12.2 Å². The molecule has 0 amide bonds. The molecule has 0 unspecified atom stereocenters. The van der Waals surface area contributed by atoms with E-state index in [9.17, 15) is 13.2 Å². The van der Waals surface area contributed by atoms with Crippen LogP contribution < -0.4 is 4.74 Å². The van der Waals surface area contributed by atoms with Gasteiger partial charge in [0.1, 0.15) is 10.8 Å². The summed E-state index contributed by atoms with van der Waals surface area (Å²) in [6, 6.07) is 6.31. The third kappa shape index (κ3) is 9.94. The molecular weight excluding hydrogens is 457 g/mol. The van der Waals surface area contributed by atoms with Gasteiger partial charge in [-0.3, -0.25) is 9.89 Å². The Morgan fingerprint density at radius 1 is 1.24 bits per heavy atom. The standard InChI is InChI=1S/C27H35F3N2OS/c1-6-9-23(10-8-15-27(28,29)30)26(31-20(3)4)34-21(5)19-32-16-13-22-11-12-25(33-7-2)18-24(22)14-17-32/h6,8-12,18,20H,1,5,7,13-17,19H2,2-4H3/b10-8-,23-9+,31-26?. The molecule has 0 saturated heterocycles. The summed E-state index contributed by atoms with van der Waals surface area (Å²) in [7, 11) is 0. The van der Waals surface area contributed by atoms with Crippen molar-refractivity contribution in [2.45, 2.75) is 52.3 Å². The van der Waals surface area contributed by atoms with Crippen LogP contribution >= 0.6 is 11.8 Å². The zero-order valence-electron chi connectivity index (χ0n) is 20.3. The van der Waals surface area contributed by atoms with E-state index in [1.165, 1.54) is 29.0 Å². The second kappa shape index (κ2) is 13.6. The molecule has 34 heavy (non-hydrogen) atoms. The summed E-state index contributed by atoms with van der Waals surface area (Å²) in [5, 5.41) is 0.651. The number of fused-ring (bicyclic) bond motifs is 1. The van der Waals surface area contributed by atoms with Gasteiger partial charge in [0.15, 0.2) is 0 Å². The van der Waals surface area contributed by atoms with Crippen molar-refractivity contribution in [3.8, 4) is 5.75 Å². The lowest BCUT2D eigenvalue weighted by Gasteiger charge is -2.21. The first-order valence-corrected chi connectivity index (χ1v) is 12.4. The number of ether oxygens (including phenoxy) is 1. The van der Waals surface area contributed by atoms with E-state index in [1.807, 2.05) is 26.8 Å². The minimum Gasteiger partial charge on any atom is -0.494 e. The van der Waals surface area contributed by atoms with Crippen LogP contribution in [0.5, 0.6) is 5.75 Å².